The van der Waals surface area contributed by atoms with E-state index in [0.717, 1.165) is 19.3 Å². The van der Waals surface area contributed by atoms with Gasteiger partial charge in [0.1, 0.15) is 5.75 Å². The van der Waals surface area contributed by atoms with Crippen LogP contribution in [0.1, 0.15) is 19.3 Å². The summed E-state index contributed by atoms with van der Waals surface area (Å²) in [7, 11) is 0. The number of halogens is 1. The minimum Gasteiger partial charge on any atom is -0.482 e. The van der Waals surface area contributed by atoms with Gasteiger partial charge >= 0.3 is 0 Å². The van der Waals surface area contributed by atoms with Crippen LogP contribution in [-0.2, 0) is 4.79 Å². The molecule has 4 nitrogen and oxygen atoms in total. The molecule has 0 heterocycles. The fourth-order valence-electron chi connectivity index (χ4n) is 1.97. The summed E-state index contributed by atoms with van der Waals surface area (Å²) in [4.78, 5) is 11.7. The number of carbonyl (C=O) groups is 1. The van der Waals surface area contributed by atoms with E-state index >= 15 is 0 Å². The van der Waals surface area contributed by atoms with Crippen LogP contribution in [0.3, 0.4) is 0 Å². The molecular formula is C14H18ClNO3. The average Bonchev–Trinajstić information content (AvgIpc) is 3.16. The van der Waals surface area contributed by atoms with Gasteiger partial charge in [0.2, 0.25) is 0 Å². The Morgan fingerprint density at radius 3 is 2.79 bits per heavy atom. The van der Waals surface area contributed by atoms with Crippen LogP contribution in [-0.4, -0.2) is 30.8 Å². The number of carbonyl (C=O) groups excluding carboxylic acids is 1. The number of hydrogen-bond acceptors (Lipinski definition) is 3. The third-order valence-corrected chi connectivity index (χ3v) is 3.77. The lowest BCUT2D eigenvalue weighted by Crippen LogP contribution is -2.34. The molecule has 0 saturated heterocycles. The molecule has 19 heavy (non-hydrogen) atoms. The molecule has 1 amide bonds. The zero-order valence-corrected chi connectivity index (χ0v) is 11.4. The van der Waals surface area contributed by atoms with E-state index in [1.807, 2.05) is 0 Å². The Morgan fingerprint density at radius 1 is 1.42 bits per heavy atom. The highest BCUT2D eigenvalue weighted by Crippen LogP contribution is 2.47. The Kier molecular flexibility index (Phi) is 4.66. The molecule has 1 aromatic rings. The molecule has 2 rings (SSSR count). The van der Waals surface area contributed by atoms with E-state index in [1.165, 1.54) is 0 Å². The maximum atomic E-state index is 11.7. The molecule has 0 aromatic heterocycles. The van der Waals surface area contributed by atoms with Gasteiger partial charge in [0.25, 0.3) is 5.91 Å². The molecule has 0 unspecified atom stereocenters. The summed E-state index contributed by atoms with van der Waals surface area (Å²) in [5, 5.41) is 12.3. The smallest absolute Gasteiger partial charge is 0.257 e. The number of hydrogen-bond donors (Lipinski definition) is 2. The van der Waals surface area contributed by atoms with E-state index < -0.39 is 0 Å². The maximum absolute atomic E-state index is 11.7. The first-order valence-electron chi connectivity index (χ1n) is 6.40. The zero-order chi connectivity index (χ0) is 13.7. The number of amides is 1. The van der Waals surface area contributed by atoms with Gasteiger partial charge in [0.05, 0.1) is 5.02 Å². The first-order valence-corrected chi connectivity index (χ1v) is 6.78. The number of nitrogens with one attached hydrogen (secondary N) is 1. The van der Waals surface area contributed by atoms with E-state index in [1.54, 1.807) is 24.3 Å². The van der Waals surface area contributed by atoms with Gasteiger partial charge in [-0.15, -0.1) is 0 Å². The molecule has 1 aliphatic rings. The molecule has 0 bridgehead atoms. The van der Waals surface area contributed by atoms with Gasteiger partial charge in [-0.1, -0.05) is 23.7 Å². The fourth-order valence-corrected chi connectivity index (χ4v) is 2.16. The quantitative estimate of drug-likeness (QED) is 0.805. The van der Waals surface area contributed by atoms with Gasteiger partial charge in [0.15, 0.2) is 6.61 Å². The van der Waals surface area contributed by atoms with Crippen LogP contribution in [0.15, 0.2) is 24.3 Å². The summed E-state index contributed by atoms with van der Waals surface area (Å²) in [5.41, 5.74) is 0.120. The minimum absolute atomic E-state index is 0.0427. The second-order valence-corrected chi connectivity index (χ2v) is 5.38. The third-order valence-electron chi connectivity index (χ3n) is 3.46. The van der Waals surface area contributed by atoms with Crippen LogP contribution < -0.4 is 10.1 Å². The summed E-state index contributed by atoms with van der Waals surface area (Å²) >= 11 is 5.92. The van der Waals surface area contributed by atoms with E-state index in [-0.39, 0.29) is 24.5 Å². The first kappa shape index (κ1) is 14.2. The lowest BCUT2D eigenvalue weighted by atomic mass is 10.0. The van der Waals surface area contributed by atoms with Crippen LogP contribution >= 0.6 is 11.6 Å². The summed E-state index contributed by atoms with van der Waals surface area (Å²) in [6, 6.07) is 7.06. The highest BCUT2D eigenvalue weighted by Gasteiger charge is 2.41. The molecule has 0 spiro atoms. The van der Waals surface area contributed by atoms with Crippen LogP contribution in [0.4, 0.5) is 0 Å². The van der Waals surface area contributed by atoms with Crippen LogP contribution in [0.25, 0.3) is 0 Å². The van der Waals surface area contributed by atoms with Crippen molar-refractivity contribution in [3.63, 3.8) is 0 Å². The number of ether oxygens (including phenoxy) is 1. The molecule has 0 atom stereocenters. The van der Waals surface area contributed by atoms with Crippen LogP contribution in [0.5, 0.6) is 5.75 Å². The number of rotatable bonds is 7. The van der Waals surface area contributed by atoms with E-state index in [4.69, 9.17) is 21.4 Å². The van der Waals surface area contributed by atoms with Crippen molar-refractivity contribution in [3.05, 3.63) is 29.3 Å². The van der Waals surface area contributed by atoms with Crippen LogP contribution in [0.2, 0.25) is 5.02 Å². The van der Waals surface area contributed by atoms with Crippen molar-refractivity contribution < 1.29 is 14.6 Å². The summed E-state index contributed by atoms with van der Waals surface area (Å²) in [6.45, 7) is 0.739. The minimum atomic E-state index is -0.163. The Morgan fingerprint density at radius 2 is 2.16 bits per heavy atom. The van der Waals surface area contributed by atoms with E-state index in [9.17, 15) is 4.79 Å². The molecule has 1 aliphatic carbocycles. The van der Waals surface area contributed by atoms with Crippen molar-refractivity contribution in [3.8, 4) is 5.75 Å². The van der Waals surface area contributed by atoms with E-state index in [0.29, 0.717) is 17.3 Å². The topological polar surface area (TPSA) is 58.6 Å². The number of benzene rings is 1. The SMILES string of the molecule is O=C(COc1ccccc1Cl)NCC1(CCO)CC1. The first-order chi connectivity index (χ1) is 9.15. The predicted octanol–water partition coefficient (Wildman–Crippen LogP) is 2.00. The molecule has 0 aliphatic heterocycles. The second kappa shape index (κ2) is 6.26. The number of para-hydroxylation sites is 1. The van der Waals surface area contributed by atoms with Gasteiger partial charge in [0, 0.05) is 13.2 Å². The molecule has 0 radical (unpaired) electrons. The molecule has 1 fully saturated rings. The van der Waals surface area contributed by atoms with Crippen molar-refractivity contribution in [1.82, 2.24) is 5.32 Å². The highest BCUT2D eigenvalue weighted by molar-refractivity contribution is 6.32. The largest absolute Gasteiger partial charge is 0.482 e. The second-order valence-electron chi connectivity index (χ2n) is 4.97. The normalized spacial score (nSPS) is 15.9. The Hall–Kier alpha value is -1.26. The summed E-state index contributed by atoms with van der Waals surface area (Å²) in [5.74, 6) is 0.347. The summed E-state index contributed by atoms with van der Waals surface area (Å²) in [6.07, 6.45) is 2.89. The molecule has 5 heteroatoms. The molecule has 1 saturated carbocycles. The Bertz CT molecular complexity index is 446. The maximum Gasteiger partial charge on any atom is 0.257 e. The monoisotopic (exact) mass is 283 g/mol. The van der Waals surface area contributed by atoms with Crippen molar-refractivity contribution in [2.75, 3.05) is 19.8 Å². The van der Waals surface area contributed by atoms with E-state index in [2.05, 4.69) is 5.32 Å². The lowest BCUT2D eigenvalue weighted by Gasteiger charge is -2.14. The van der Waals surface area contributed by atoms with Gasteiger partial charge in [-0.05, 0) is 36.8 Å². The Balaban J connectivity index is 1.72. The van der Waals surface area contributed by atoms with Gasteiger partial charge in [-0.25, -0.2) is 0 Å². The molecule has 2 N–H and O–H groups in total. The molecule has 104 valence electrons. The standard InChI is InChI=1S/C14H18ClNO3/c15-11-3-1-2-4-12(11)19-9-13(18)16-10-14(5-6-14)7-8-17/h1-4,17H,5-10H2,(H,16,18). The average molecular weight is 284 g/mol. The molecular weight excluding hydrogens is 266 g/mol. The van der Waals surface area contributed by atoms with Gasteiger partial charge in [-0.2, -0.15) is 0 Å². The van der Waals surface area contributed by atoms with Crippen molar-refractivity contribution in [2.24, 2.45) is 5.41 Å². The number of aliphatic hydroxyl groups is 1. The molecule has 1 aromatic carbocycles. The predicted molar refractivity (Wildman–Crippen MR) is 73.3 cm³/mol. The number of aliphatic hydroxyl groups excluding tert-OH is 1. The zero-order valence-electron chi connectivity index (χ0n) is 10.7. The van der Waals surface area contributed by atoms with Gasteiger partial charge < -0.3 is 15.2 Å². The van der Waals surface area contributed by atoms with Crippen molar-refractivity contribution >= 4 is 17.5 Å². The highest BCUT2D eigenvalue weighted by atomic mass is 35.5. The lowest BCUT2D eigenvalue weighted by molar-refractivity contribution is -0.123. The Labute approximate surface area is 117 Å². The third kappa shape index (κ3) is 4.11. The summed E-state index contributed by atoms with van der Waals surface area (Å²) < 4.78 is 5.35. The van der Waals surface area contributed by atoms with Crippen molar-refractivity contribution in [2.45, 2.75) is 19.3 Å². The fraction of sp³-hybridized carbons (Fsp3) is 0.500. The van der Waals surface area contributed by atoms with Crippen molar-refractivity contribution in [1.29, 1.82) is 0 Å². The van der Waals surface area contributed by atoms with Crippen LogP contribution in [0, 0.1) is 5.41 Å². The van der Waals surface area contributed by atoms with Gasteiger partial charge in [-0.3, -0.25) is 4.79 Å².